The maximum atomic E-state index is 12.9. The minimum atomic E-state index is -3.86. The Hall–Kier alpha value is -2.71. The molecule has 0 bridgehead atoms. The topological polar surface area (TPSA) is 104 Å². The summed E-state index contributed by atoms with van der Waals surface area (Å²) in [5, 5.41) is 20.4. The molecule has 146 valence electrons. The van der Waals surface area contributed by atoms with Crippen molar-refractivity contribution in [2.75, 3.05) is 10.5 Å². The second kappa shape index (κ2) is 7.73. The van der Waals surface area contributed by atoms with Gasteiger partial charge in [-0.15, -0.1) is 11.8 Å². The molecule has 0 heterocycles. The molecule has 0 radical (unpaired) electrons. The molecule has 0 aliphatic heterocycles. The third-order valence-corrected chi connectivity index (χ3v) is 6.74. The number of phenols is 1. The van der Waals surface area contributed by atoms with E-state index in [0.717, 1.165) is 22.9 Å². The molecule has 6 nitrogen and oxygen atoms in total. The summed E-state index contributed by atoms with van der Waals surface area (Å²) in [6.07, 6.45) is 0. The van der Waals surface area contributed by atoms with Gasteiger partial charge >= 0.3 is 5.97 Å². The highest BCUT2D eigenvalue weighted by atomic mass is 32.2. The fourth-order valence-corrected chi connectivity index (χ4v) is 4.64. The number of carboxylic acids is 1. The van der Waals surface area contributed by atoms with Gasteiger partial charge in [0.2, 0.25) is 0 Å². The molecule has 28 heavy (non-hydrogen) atoms. The number of anilines is 1. The first kappa shape index (κ1) is 20.0. The van der Waals surface area contributed by atoms with Crippen LogP contribution in [0.4, 0.5) is 5.69 Å². The van der Waals surface area contributed by atoms with Gasteiger partial charge in [-0.2, -0.15) is 0 Å². The van der Waals surface area contributed by atoms with Gasteiger partial charge in [0.25, 0.3) is 10.0 Å². The van der Waals surface area contributed by atoms with Crippen molar-refractivity contribution in [1.29, 1.82) is 0 Å². The Balaban J connectivity index is 2.09. The third kappa shape index (κ3) is 4.07. The van der Waals surface area contributed by atoms with Crippen molar-refractivity contribution < 1.29 is 23.4 Å². The summed E-state index contributed by atoms with van der Waals surface area (Å²) in [6.45, 7) is 3.74. The molecule has 3 rings (SSSR count). The van der Waals surface area contributed by atoms with E-state index in [9.17, 15) is 18.3 Å². The average Bonchev–Trinajstić information content (AvgIpc) is 2.65. The van der Waals surface area contributed by atoms with Crippen molar-refractivity contribution in [2.45, 2.75) is 23.6 Å². The number of thioether (sulfide) groups is 1. The van der Waals surface area contributed by atoms with Crippen LogP contribution in [0.2, 0.25) is 0 Å². The molecule has 0 unspecified atom stereocenters. The maximum Gasteiger partial charge on any atom is 0.313 e. The zero-order valence-electron chi connectivity index (χ0n) is 15.3. The molecule has 0 saturated heterocycles. The lowest BCUT2D eigenvalue weighted by Gasteiger charge is -2.15. The van der Waals surface area contributed by atoms with E-state index in [0.29, 0.717) is 15.7 Å². The quantitative estimate of drug-likeness (QED) is 0.411. The number of aromatic hydroxyl groups is 1. The van der Waals surface area contributed by atoms with E-state index in [2.05, 4.69) is 4.72 Å². The van der Waals surface area contributed by atoms with Crippen LogP contribution in [0.3, 0.4) is 0 Å². The number of carbonyl (C=O) groups is 1. The number of rotatable bonds is 6. The Morgan fingerprint density at radius 3 is 2.36 bits per heavy atom. The normalized spacial score (nSPS) is 11.5. The van der Waals surface area contributed by atoms with Gasteiger partial charge in [0.15, 0.2) is 0 Å². The van der Waals surface area contributed by atoms with E-state index < -0.39 is 16.0 Å². The number of hydrogen-bond acceptors (Lipinski definition) is 5. The summed E-state index contributed by atoms with van der Waals surface area (Å²) in [5.74, 6) is -1.36. The van der Waals surface area contributed by atoms with Gasteiger partial charge in [-0.25, -0.2) is 8.42 Å². The minimum absolute atomic E-state index is 0.0732. The predicted octanol–water partition coefficient (Wildman–Crippen LogP) is 4.14. The molecule has 0 aliphatic rings. The second-order valence-electron chi connectivity index (χ2n) is 6.35. The SMILES string of the molecule is Cc1ccc(S(=O)(=O)Nc2cc(SCC(=O)O)c(O)c3ccccc23)cc1C. The first-order chi connectivity index (χ1) is 13.2. The van der Waals surface area contributed by atoms with E-state index in [-0.39, 0.29) is 22.1 Å². The predicted molar refractivity (Wildman–Crippen MR) is 111 cm³/mol. The Morgan fingerprint density at radius 1 is 1.04 bits per heavy atom. The summed E-state index contributed by atoms with van der Waals surface area (Å²) in [5.41, 5.74) is 2.12. The first-order valence-corrected chi connectivity index (χ1v) is 10.9. The van der Waals surface area contributed by atoms with Crippen LogP contribution in [-0.2, 0) is 14.8 Å². The molecule has 0 aromatic heterocycles. The summed E-state index contributed by atoms with van der Waals surface area (Å²) in [4.78, 5) is 11.3. The Labute approximate surface area is 167 Å². The smallest absolute Gasteiger partial charge is 0.313 e. The number of aryl methyl sites for hydroxylation is 2. The van der Waals surface area contributed by atoms with Crippen LogP contribution in [0.1, 0.15) is 11.1 Å². The van der Waals surface area contributed by atoms with Gasteiger partial charge < -0.3 is 10.2 Å². The summed E-state index contributed by atoms with van der Waals surface area (Å²) in [6, 6.07) is 13.1. The van der Waals surface area contributed by atoms with Gasteiger partial charge in [0.05, 0.1) is 21.2 Å². The van der Waals surface area contributed by atoms with Crippen molar-refractivity contribution in [3.8, 4) is 5.75 Å². The highest BCUT2D eigenvalue weighted by Crippen LogP contribution is 2.40. The van der Waals surface area contributed by atoms with Crippen molar-refractivity contribution in [2.24, 2.45) is 0 Å². The van der Waals surface area contributed by atoms with Crippen LogP contribution in [0.5, 0.6) is 5.75 Å². The maximum absolute atomic E-state index is 12.9. The largest absolute Gasteiger partial charge is 0.506 e. The first-order valence-electron chi connectivity index (χ1n) is 8.38. The Morgan fingerprint density at radius 2 is 1.71 bits per heavy atom. The van der Waals surface area contributed by atoms with E-state index in [1.807, 2.05) is 13.8 Å². The summed E-state index contributed by atoms with van der Waals surface area (Å²) in [7, 11) is -3.86. The van der Waals surface area contributed by atoms with Crippen LogP contribution in [0, 0.1) is 13.8 Å². The molecule has 3 aromatic carbocycles. The standard InChI is InChI=1S/C20H19NO5S2/c1-12-7-8-14(9-13(12)2)28(25,26)21-17-10-18(27-11-19(22)23)20(24)16-6-4-3-5-15(16)17/h3-10,21,24H,11H2,1-2H3,(H,22,23). The molecule has 0 saturated carbocycles. The highest BCUT2D eigenvalue weighted by Gasteiger charge is 2.19. The van der Waals surface area contributed by atoms with Crippen molar-refractivity contribution in [1.82, 2.24) is 0 Å². The fourth-order valence-electron chi connectivity index (χ4n) is 2.75. The monoisotopic (exact) mass is 417 g/mol. The molecule has 3 aromatic rings. The van der Waals surface area contributed by atoms with Crippen LogP contribution in [-0.4, -0.2) is 30.4 Å². The lowest BCUT2D eigenvalue weighted by molar-refractivity contribution is -0.133. The number of benzene rings is 3. The van der Waals surface area contributed by atoms with E-state index in [1.54, 1.807) is 36.4 Å². The average molecular weight is 418 g/mol. The van der Waals surface area contributed by atoms with E-state index in [4.69, 9.17) is 5.11 Å². The second-order valence-corrected chi connectivity index (χ2v) is 9.05. The van der Waals surface area contributed by atoms with Gasteiger partial charge in [-0.05, 0) is 43.2 Å². The summed E-state index contributed by atoms with van der Waals surface area (Å²) < 4.78 is 28.4. The van der Waals surface area contributed by atoms with Gasteiger partial charge in [-0.3, -0.25) is 9.52 Å². The van der Waals surface area contributed by atoms with Crippen molar-refractivity contribution in [3.05, 3.63) is 59.7 Å². The number of aliphatic carboxylic acids is 1. The number of sulfonamides is 1. The van der Waals surface area contributed by atoms with Gasteiger partial charge in [0, 0.05) is 10.8 Å². The highest BCUT2D eigenvalue weighted by molar-refractivity contribution is 8.00. The fraction of sp³-hybridized carbons (Fsp3) is 0.150. The summed E-state index contributed by atoms with van der Waals surface area (Å²) >= 11 is 0.926. The molecular formula is C20H19NO5S2. The molecule has 0 amide bonds. The number of phenolic OH excluding ortho intramolecular Hbond substituents is 1. The van der Waals surface area contributed by atoms with Crippen LogP contribution in [0.15, 0.2) is 58.3 Å². The number of hydrogen-bond donors (Lipinski definition) is 3. The Kier molecular flexibility index (Phi) is 5.53. The molecule has 0 aliphatic carbocycles. The van der Waals surface area contributed by atoms with Crippen LogP contribution in [0.25, 0.3) is 10.8 Å². The van der Waals surface area contributed by atoms with Gasteiger partial charge in [-0.1, -0.05) is 30.3 Å². The number of nitrogens with one attached hydrogen (secondary N) is 1. The van der Waals surface area contributed by atoms with Crippen molar-refractivity contribution in [3.63, 3.8) is 0 Å². The minimum Gasteiger partial charge on any atom is -0.506 e. The van der Waals surface area contributed by atoms with Gasteiger partial charge in [0.1, 0.15) is 5.75 Å². The third-order valence-electron chi connectivity index (χ3n) is 4.37. The molecule has 8 heteroatoms. The zero-order valence-corrected chi connectivity index (χ0v) is 16.9. The van der Waals surface area contributed by atoms with Crippen LogP contribution < -0.4 is 4.72 Å². The van der Waals surface area contributed by atoms with E-state index in [1.165, 1.54) is 12.1 Å². The molecular weight excluding hydrogens is 398 g/mol. The van der Waals surface area contributed by atoms with Crippen molar-refractivity contribution >= 4 is 44.2 Å². The number of fused-ring (bicyclic) bond motifs is 1. The zero-order chi connectivity index (χ0) is 20.5. The lowest BCUT2D eigenvalue weighted by Crippen LogP contribution is -2.13. The molecule has 0 spiro atoms. The molecule has 3 N–H and O–H groups in total. The Bertz CT molecular complexity index is 1170. The number of carboxylic acid groups (broad SMARTS) is 1. The lowest BCUT2D eigenvalue weighted by atomic mass is 10.1. The molecule has 0 atom stereocenters. The van der Waals surface area contributed by atoms with E-state index >= 15 is 0 Å². The molecule has 0 fully saturated rings. The van der Waals surface area contributed by atoms with Crippen LogP contribution >= 0.6 is 11.8 Å².